The van der Waals surface area contributed by atoms with E-state index in [2.05, 4.69) is 10.6 Å². The summed E-state index contributed by atoms with van der Waals surface area (Å²) in [5, 5.41) is 6.36. The predicted molar refractivity (Wildman–Crippen MR) is 55.1 cm³/mol. The summed E-state index contributed by atoms with van der Waals surface area (Å²) in [6, 6.07) is 0.306. The van der Waals surface area contributed by atoms with Crippen LogP contribution in [0.25, 0.3) is 0 Å². The summed E-state index contributed by atoms with van der Waals surface area (Å²) < 4.78 is 5.14. The zero-order valence-corrected chi connectivity index (χ0v) is 9.17. The maximum absolute atomic E-state index is 11.5. The minimum Gasteiger partial charge on any atom is -0.462 e. The zero-order valence-electron chi connectivity index (χ0n) is 9.17. The van der Waals surface area contributed by atoms with Gasteiger partial charge in [0.05, 0.1) is 6.10 Å². The molecule has 0 aliphatic carbocycles. The second kappa shape index (κ2) is 5.32. The van der Waals surface area contributed by atoms with Crippen molar-refractivity contribution in [2.24, 2.45) is 0 Å². The molecule has 2 N–H and O–H groups in total. The Kier molecular flexibility index (Phi) is 4.35. The number of nitrogens with one attached hydrogen (secondary N) is 2. The fraction of sp³-hybridized carbons (Fsp3) is 0.900. The highest BCUT2D eigenvalue weighted by Crippen LogP contribution is 2.13. The Morgan fingerprint density at radius 2 is 2.29 bits per heavy atom. The lowest BCUT2D eigenvalue weighted by molar-refractivity contribution is -0.149. The van der Waals surface area contributed by atoms with Gasteiger partial charge in [-0.05, 0) is 33.7 Å². The Labute approximate surface area is 85.4 Å². The van der Waals surface area contributed by atoms with Gasteiger partial charge in [0.25, 0.3) is 0 Å². The molecule has 0 spiro atoms. The van der Waals surface area contributed by atoms with Crippen LogP contribution >= 0.6 is 0 Å². The van der Waals surface area contributed by atoms with Crippen molar-refractivity contribution in [1.29, 1.82) is 0 Å². The van der Waals surface area contributed by atoms with E-state index < -0.39 is 0 Å². The van der Waals surface area contributed by atoms with Crippen LogP contribution in [-0.2, 0) is 9.53 Å². The summed E-state index contributed by atoms with van der Waals surface area (Å²) in [6.07, 6.45) is 1.91. The summed E-state index contributed by atoms with van der Waals surface area (Å²) in [6.45, 7) is 4.65. The molecule has 0 radical (unpaired) electrons. The molecule has 2 unspecified atom stereocenters. The zero-order chi connectivity index (χ0) is 10.6. The SMILES string of the molecule is CNCC1CCC(C(=O)OC(C)C)N1. The van der Waals surface area contributed by atoms with Crippen LogP contribution in [0.3, 0.4) is 0 Å². The smallest absolute Gasteiger partial charge is 0.323 e. The molecule has 0 bridgehead atoms. The minimum absolute atomic E-state index is 0.0207. The van der Waals surface area contributed by atoms with Crippen molar-refractivity contribution in [3.63, 3.8) is 0 Å². The highest BCUT2D eigenvalue weighted by Gasteiger charge is 2.29. The van der Waals surface area contributed by atoms with Crippen molar-refractivity contribution in [3.8, 4) is 0 Å². The molecule has 0 aromatic rings. The van der Waals surface area contributed by atoms with Gasteiger partial charge in [0.15, 0.2) is 0 Å². The number of hydrogen-bond donors (Lipinski definition) is 2. The first-order valence-corrected chi connectivity index (χ1v) is 5.24. The van der Waals surface area contributed by atoms with Crippen LogP contribution in [0.2, 0.25) is 0 Å². The molecule has 0 aromatic carbocycles. The first kappa shape index (κ1) is 11.5. The molecular formula is C10H20N2O2. The topological polar surface area (TPSA) is 50.4 Å². The molecule has 1 rings (SSSR count). The number of ether oxygens (including phenoxy) is 1. The summed E-state index contributed by atoms with van der Waals surface area (Å²) in [4.78, 5) is 11.5. The predicted octanol–water partition coefficient (Wildman–Crippen LogP) is 0.278. The van der Waals surface area contributed by atoms with Gasteiger partial charge in [-0.25, -0.2) is 0 Å². The third kappa shape index (κ3) is 3.27. The summed E-state index contributed by atoms with van der Waals surface area (Å²) in [5.41, 5.74) is 0. The molecule has 1 saturated heterocycles. The number of rotatable bonds is 4. The average molecular weight is 200 g/mol. The second-order valence-corrected chi connectivity index (χ2v) is 4.04. The van der Waals surface area contributed by atoms with Crippen LogP contribution in [0.4, 0.5) is 0 Å². The quantitative estimate of drug-likeness (QED) is 0.640. The fourth-order valence-electron chi connectivity index (χ4n) is 1.73. The van der Waals surface area contributed by atoms with E-state index in [-0.39, 0.29) is 18.1 Å². The molecule has 0 amide bonds. The third-order valence-corrected chi connectivity index (χ3v) is 2.33. The number of carbonyl (C=O) groups excluding carboxylic acids is 1. The molecule has 0 aromatic heterocycles. The van der Waals surface area contributed by atoms with Crippen molar-refractivity contribution in [3.05, 3.63) is 0 Å². The van der Waals surface area contributed by atoms with E-state index >= 15 is 0 Å². The average Bonchev–Trinajstić information content (AvgIpc) is 2.52. The van der Waals surface area contributed by atoms with Gasteiger partial charge in [0.2, 0.25) is 0 Å². The van der Waals surface area contributed by atoms with E-state index in [1.165, 1.54) is 0 Å². The fourth-order valence-corrected chi connectivity index (χ4v) is 1.73. The highest BCUT2D eigenvalue weighted by atomic mass is 16.5. The van der Waals surface area contributed by atoms with Crippen LogP contribution in [0, 0.1) is 0 Å². The van der Waals surface area contributed by atoms with Crippen LogP contribution in [-0.4, -0.2) is 37.7 Å². The molecular weight excluding hydrogens is 180 g/mol. The third-order valence-electron chi connectivity index (χ3n) is 2.33. The van der Waals surface area contributed by atoms with Crippen LogP contribution in [0.15, 0.2) is 0 Å². The largest absolute Gasteiger partial charge is 0.462 e. The van der Waals surface area contributed by atoms with Gasteiger partial charge in [0, 0.05) is 12.6 Å². The van der Waals surface area contributed by atoms with E-state index in [0.29, 0.717) is 6.04 Å². The van der Waals surface area contributed by atoms with Crippen LogP contribution in [0.5, 0.6) is 0 Å². The van der Waals surface area contributed by atoms with Crippen molar-refractivity contribution >= 4 is 5.97 Å². The molecule has 1 heterocycles. The summed E-state index contributed by atoms with van der Waals surface area (Å²) in [7, 11) is 1.92. The van der Waals surface area contributed by atoms with Crippen LogP contribution in [0.1, 0.15) is 26.7 Å². The lowest BCUT2D eigenvalue weighted by atomic mass is 10.2. The normalized spacial score (nSPS) is 26.9. The van der Waals surface area contributed by atoms with Crippen molar-refractivity contribution in [2.45, 2.75) is 44.9 Å². The molecule has 1 aliphatic heterocycles. The lowest BCUT2D eigenvalue weighted by Crippen LogP contribution is -2.41. The van der Waals surface area contributed by atoms with Gasteiger partial charge in [0.1, 0.15) is 6.04 Å². The Balaban J connectivity index is 2.30. The Morgan fingerprint density at radius 3 is 2.86 bits per heavy atom. The van der Waals surface area contributed by atoms with Crippen molar-refractivity contribution < 1.29 is 9.53 Å². The number of carbonyl (C=O) groups is 1. The van der Waals surface area contributed by atoms with E-state index in [0.717, 1.165) is 19.4 Å². The Morgan fingerprint density at radius 1 is 1.57 bits per heavy atom. The summed E-state index contributed by atoms with van der Waals surface area (Å²) in [5.74, 6) is -0.112. The van der Waals surface area contributed by atoms with Gasteiger partial charge in [-0.1, -0.05) is 0 Å². The maximum atomic E-state index is 11.5. The first-order chi connectivity index (χ1) is 6.63. The molecule has 0 saturated carbocycles. The number of likely N-dealkylation sites (N-methyl/N-ethyl adjacent to an activating group) is 1. The van der Waals surface area contributed by atoms with Gasteiger partial charge in [-0.2, -0.15) is 0 Å². The molecule has 4 nitrogen and oxygen atoms in total. The monoisotopic (exact) mass is 200 g/mol. The maximum Gasteiger partial charge on any atom is 0.323 e. The van der Waals surface area contributed by atoms with Gasteiger partial charge in [-0.3, -0.25) is 4.79 Å². The van der Waals surface area contributed by atoms with Gasteiger partial charge >= 0.3 is 5.97 Å². The molecule has 82 valence electrons. The van der Waals surface area contributed by atoms with Gasteiger partial charge in [-0.15, -0.1) is 0 Å². The second-order valence-electron chi connectivity index (χ2n) is 4.04. The minimum atomic E-state index is -0.112. The van der Waals surface area contributed by atoms with E-state index in [1.807, 2.05) is 20.9 Å². The lowest BCUT2D eigenvalue weighted by Gasteiger charge is -2.15. The van der Waals surface area contributed by atoms with E-state index in [4.69, 9.17) is 4.74 Å². The van der Waals surface area contributed by atoms with Crippen LogP contribution < -0.4 is 10.6 Å². The first-order valence-electron chi connectivity index (χ1n) is 5.24. The Bertz CT molecular complexity index is 195. The van der Waals surface area contributed by atoms with Crippen molar-refractivity contribution in [1.82, 2.24) is 10.6 Å². The summed E-state index contributed by atoms with van der Waals surface area (Å²) >= 11 is 0. The standard InChI is InChI=1S/C10H20N2O2/c1-7(2)14-10(13)9-5-4-8(12-9)6-11-3/h7-9,11-12H,4-6H2,1-3H3. The van der Waals surface area contributed by atoms with E-state index in [9.17, 15) is 4.79 Å². The molecule has 1 fully saturated rings. The highest BCUT2D eigenvalue weighted by molar-refractivity contribution is 5.76. The molecule has 2 atom stereocenters. The van der Waals surface area contributed by atoms with Gasteiger partial charge < -0.3 is 15.4 Å². The van der Waals surface area contributed by atoms with E-state index in [1.54, 1.807) is 0 Å². The van der Waals surface area contributed by atoms with Crippen molar-refractivity contribution in [2.75, 3.05) is 13.6 Å². The molecule has 4 heteroatoms. The molecule has 1 aliphatic rings. The molecule has 14 heavy (non-hydrogen) atoms. The number of esters is 1. The number of hydrogen-bond acceptors (Lipinski definition) is 4. The Hall–Kier alpha value is -0.610.